The van der Waals surface area contributed by atoms with Gasteiger partial charge in [0.1, 0.15) is 34.0 Å². The lowest BCUT2D eigenvalue weighted by Crippen LogP contribution is -2.55. The topological polar surface area (TPSA) is 119 Å². The number of halogens is 2. The molecule has 14 heteroatoms. The first-order valence-corrected chi connectivity index (χ1v) is 20.8. The molecule has 1 amide bonds. The zero-order chi connectivity index (χ0) is 41.7. The van der Waals surface area contributed by atoms with Crippen LogP contribution < -0.4 is 19.7 Å². The highest BCUT2D eigenvalue weighted by atomic mass is 19.1. The number of phenolic OH excluding ortho intramolecular Hbond substituents is 1. The third-order valence-electron chi connectivity index (χ3n) is 12.7. The Balaban J connectivity index is 0.992. The molecule has 9 rings (SSSR count). The van der Waals surface area contributed by atoms with Gasteiger partial charge in [-0.3, -0.25) is 9.69 Å². The molecule has 312 valence electrons. The van der Waals surface area contributed by atoms with Gasteiger partial charge in [0.15, 0.2) is 5.82 Å². The van der Waals surface area contributed by atoms with E-state index < -0.39 is 11.6 Å². The van der Waals surface area contributed by atoms with Crippen LogP contribution >= 0.6 is 0 Å². The first kappa shape index (κ1) is 39.8. The van der Waals surface area contributed by atoms with Crippen LogP contribution in [0.2, 0.25) is 0 Å². The van der Waals surface area contributed by atoms with Crippen molar-refractivity contribution in [2.75, 3.05) is 64.4 Å². The van der Waals surface area contributed by atoms with E-state index in [1.54, 1.807) is 4.90 Å². The standard InChI is InChI=1S/C46H50F2N8O4/c1-5-33-24-56(20-28(3)49-33)43-39-42(40(48)41(50-44(39)59-4)36-19-34(58)18-30-9-10-37(47)35(6-2)38(30)36)51-45(52-43)60-26-46(11-12-46)25-54-15-13-53(14-16-54)21-29-7-8-31-22-55(27-57)23-32(31)17-29/h2,7-10,17-19,27-28,33,49,58H,5,11-16,20-26H2,1,3-4H3. The van der Waals surface area contributed by atoms with Gasteiger partial charge in [-0.1, -0.05) is 37.1 Å². The summed E-state index contributed by atoms with van der Waals surface area (Å²) in [6, 6.07) is 12.4. The van der Waals surface area contributed by atoms with Crippen molar-refractivity contribution in [1.29, 1.82) is 0 Å². The normalized spacial score (nSPS) is 20.3. The Labute approximate surface area is 348 Å². The number of benzene rings is 3. The van der Waals surface area contributed by atoms with Gasteiger partial charge in [0, 0.05) is 93.9 Å². The molecule has 12 nitrogen and oxygen atoms in total. The van der Waals surface area contributed by atoms with Gasteiger partial charge in [-0.2, -0.15) is 9.97 Å². The summed E-state index contributed by atoms with van der Waals surface area (Å²) in [7, 11) is 1.45. The summed E-state index contributed by atoms with van der Waals surface area (Å²) >= 11 is 0. The van der Waals surface area contributed by atoms with Crippen LogP contribution in [0.3, 0.4) is 0 Å². The van der Waals surface area contributed by atoms with E-state index in [1.807, 2.05) is 0 Å². The maximum absolute atomic E-state index is 17.3. The minimum Gasteiger partial charge on any atom is -0.508 e. The largest absolute Gasteiger partial charge is 0.508 e. The van der Waals surface area contributed by atoms with Crippen LogP contribution in [-0.4, -0.2) is 113 Å². The molecule has 0 spiro atoms. The molecular formula is C46H50F2N8O4. The van der Waals surface area contributed by atoms with Crippen molar-refractivity contribution in [2.45, 2.75) is 64.8 Å². The molecule has 4 aliphatic rings. The molecule has 0 bridgehead atoms. The van der Waals surface area contributed by atoms with Crippen LogP contribution in [0.15, 0.2) is 42.5 Å². The van der Waals surface area contributed by atoms with Crippen molar-refractivity contribution < 1.29 is 28.2 Å². The Hall–Kier alpha value is -5.62. The molecule has 3 fully saturated rings. The van der Waals surface area contributed by atoms with Gasteiger partial charge in [-0.15, -0.1) is 6.42 Å². The Bertz CT molecular complexity index is 2520. The summed E-state index contributed by atoms with van der Waals surface area (Å²) < 4.78 is 44.8. The second kappa shape index (κ2) is 16.1. The third-order valence-corrected chi connectivity index (χ3v) is 12.7. The number of aromatic nitrogens is 3. The lowest BCUT2D eigenvalue weighted by atomic mass is 9.95. The van der Waals surface area contributed by atoms with E-state index in [9.17, 15) is 9.90 Å². The fourth-order valence-electron chi connectivity index (χ4n) is 9.30. The maximum atomic E-state index is 17.3. The van der Waals surface area contributed by atoms with Crippen molar-refractivity contribution in [3.8, 4) is 41.2 Å². The molecular weight excluding hydrogens is 767 g/mol. The Morgan fingerprint density at radius 1 is 1.00 bits per heavy atom. The SMILES string of the molecule is C#Cc1c(F)ccc2cc(O)cc(-c3nc(OC)c4c(N5CC(C)NC(CC)C5)nc(OCC5(CN6CCN(Cc7ccc8c(c7)CN(C=O)C8)CC6)CC5)nc4c3F)c12. The predicted molar refractivity (Wildman–Crippen MR) is 226 cm³/mol. The maximum Gasteiger partial charge on any atom is 0.319 e. The number of amides is 1. The number of pyridine rings is 1. The van der Waals surface area contributed by atoms with Crippen LogP contribution in [0.5, 0.6) is 17.6 Å². The lowest BCUT2D eigenvalue weighted by Gasteiger charge is -2.38. The number of phenols is 1. The van der Waals surface area contributed by atoms with Crippen molar-refractivity contribution in [3.05, 3.63) is 76.4 Å². The summed E-state index contributed by atoms with van der Waals surface area (Å²) in [5, 5.41) is 15.3. The van der Waals surface area contributed by atoms with Gasteiger partial charge in [0.05, 0.1) is 19.3 Å². The van der Waals surface area contributed by atoms with Gasteiger partial charge in [-0.25, -0.2) is 13.8 Å². The second-order valence-electron chi connectivity index (χ2n) is 17.0. The highest BCUT2D eigenvalue weighted by Crippen LogP contribution is 2.47. The van der Waals surface area contributed by atoms with Crippen molar-refractivity contribution >= 4 is 33.9 Å². The molecule has 3 aromatic carbocycles. The van der Waals surface area contributed by atoms with E-state index in [2.05, 4.69) is 63.0 Å². The second-order valence-corrected chi connectivity index (χ2v) is 17.0. The number of hydrogen-bond acceptors (Lipinski definition) is 11. The van der Waals surface area contributed by atoms with E-state index in [-0.39, 0.29) is 62.9 Å². The minimum atomic E-state index is -0.796. The highest BCUT2D eigenvalue weighted by molar-refractivity contribution is 6.04. The number of piperazine rings is 2. The Kier molecular flexibility index (Phi) is 10.7. The zero-order valence-corrected chi connectivity index (χ0v) is 34.3. The summed E-state index contributed by atoms with van der Waals surface area (Å²) in [5.41, 5.74) is 3.45. The predicted octanol–water partition coefficient (Wildman–Crippen LogP) is 5.84. The van der Waals surface area contributed by atoms with Crippen molar-refractivity contribution in [1.82, 2.24) is 35.0 Å². The van der Waals surface area contributed by atoms with E-state index in [1.165, 1.54) is 48.1 Å². The average molecular weight is 817 g/mol. The van der Waals surface area contributed by atoms with Crippen molar-refractivity contribution in [3.63, 3.8) is 0 Å². The van der Waals surface area contributed by atoms with Gasteiger partial charge in [0.2, 0.25) is 12.3 Å². The Morgan fingerprint density at radius 2 is 1.78 bits per heavy atom. The number of terminal acetylenes is 1. The van der Waals surface area contributed by atoms with Gasteiger partial charge < -0.3 is 34.6 Å². The number of carbonyl (C=O) groups is 1. The van der Waals surface area contributed by atoms with Crippen LogP contribution in [-0.2, 0) is 24.4 Å². The van der Waals surface area contributed by atoms with Gasteiger partial charge >= 0.3 is 6.01 Å². The first-order valence-electron chi connectivity index (χ1n) is 20.8. The van der Waals surface area contributed by atoms with Gasteiger partial charge in [0.25, 0.3) is 0 Å². The van der Waals surface area contributed by atoms with E-state index in [0.717, 1.165) is 64.9 Å². The molecule has 0 radical (unpaired) electrons. The molecule has 1 saturated carbocycles. The molecule has 2 saturated heterocycles. The van der Waals surface area contributed by atoms with E-state index in [4.69, 9.17) is 25.9 Å². The average Bonchev–Trinajstić information content (AvgIpc) is 3.89. The number of anilines is 1. The molecule has 1 aliphatic carbocycles. The number of methoxy groups -OCH3 is 1. The zero-order valence-electron chi connectivity index (χ0n) is 34.3. The smallest absolute Gasteiger partial charge is 0.319 e. The number of carbonyl (C=O) groups excluding carboxylic acids is 1. The monoisotopic (exact) mass is 816 g/mol. The summed E-state index contributed by atoms with van der Waals surface area (Å²) in [6.07, 6.45) is 9.59. The molecule has 60 heavy (non-hydrogen) atoms. The van der Waals surface area contributed by atoms with Crippen LogP contribution in [0.1, 0.15) is 55.4 Å². The third kappa shape index (κ3) is 7.66. The number of nitrogens with one attached hydrogen (secondary N) is 1. The number of fused-ring (bicyclic) bond motifs is 3. The fraction of sp³-hybridized carbons (Fsp3) is 0.435. The quantitative estimate of drug-likeness (QED) is 0.117. The highest BCUT2D eigenvalue weighted by Gasteiger charge is 2.45. The molecule has 3 aliphatic heterocycles. The number of hydrogen-bond donors (Lipinski definition) is 2. The fourth-order valence-corrected chi connectivity index (χ4v) is 9.30. The van der Waals surface area contributed by atoms with Crippen LogP contribution in [0.25, 0.3) is 32.9 Å². The minimum absolute atomic E-state index is 0.0488. The molecule has 2 aromatic heterocycles. The summed E-state index contributed by atoms with van der Waals surface area (Å²) in [4.78, 5) is 34.5. The number of aromatic hydroxyl groups is 1. The van der Waals surface area contributed by atoms with Crippen LogP contribution in [0.4, 0.5) is 14.6 Å². The summed E-state index contributed by atoms with van der Waals surface area (Å²) in [6.45, 7) is 12.7. The van der Waals surface area contributed by atoms with E-state index >= 15 is 8.78 Å². The van der Waals surface area contributed by atoms with Crippen LogP contribution in [0, 0.1) is 29.4 Å². The molecule has 2 unspecified atom stereocenters. The number of nitrogens with zero attached hydrogens (tertiary/aromatic N) is 7. The number of ether oxygens (including phenoxy) is 2. The first-order chi connectivity index (χ1) is 29.1. The summed E-state index contributed by atoms with van der Waals surface area (Å²) in [5.74, 6) is 1.33. The van der Waals surface area contributed by atoms with E-state index in [0.29, 0.717) is 49.4 Å². The molecule has 5 aromatic rings. The Morgan fingerprint density at radius 3 is 2.52 bits per heavy atom. The molecule has 2 atom stereocenters. The molecule has 5 heterocycles. The van der Waals surface area contributed by atoms with Crippen molar-refractivity contribution in [2.24, 2.45) is 5.41 Å². The lowest BCUT2D eigenvalue weighted by molar-refractivity contribution is -0.118. The number of rotatable bonds is 12. The molecule has 2 N–H and O–H groups in total. The van der Waals surface area contributed by atoms with Gasteiger partial charge in [-0.05, 0) is 66.5 Å².